The van der Waals surface area contributed by atoms with Crippen molar-refractivity contribution in [3.63, 3.8) is 0 Å². The number of benzene rings is 2. The normalized spacial score (nSPS) is 12.8. The predicted molar refractivity (Wildman–Crippen MR) is 79.8 cm³/mol. The zero-order valence-electron chi connectivity index (χ0n) is 11.3. The second-order valence-corrected chi connectivity index (χ2v) is 6.85. The molecule has 2 aromatic carbocycles. The molecule has 0 radical (unpaired) electrons. The lowest BCUT2D eigenvalue weighted by Crippen LogP contribution is -2.25. The fourth-order valence-electron chi connectivity index (χ4n) is 2.11. The minimum Gasteiger partial charge on any atom is -0.481 e. The topological polar surface area (TPSA) is 71.4 Å². The molecule has 110 valence electrons. The van der Waals surface area contributed by atoms with Crippen molar-refractivity contribution in [1.82, 2.24) is 0 Å². The number of carboxylic acid groups (broad SMARTS) is 1. The van der Waals surface area contributed by atoms with Crippen LogP contribution in [-0.2, 0) is 21.1 Å². The third kappa shape index (κ3) is 4.16. The van der Waals surface area contributed by atoms with Gasteiger partial charge in [-0.2, -0.15) is 0 Å². The summed E-state index contributed by atoms with van der Waals surface area (Å²) in [5.74, 6) is -2.46. The molecule has 0 aliphatic rings. The van der Waals surface area contributed by atoms with Crippen molar-refractivity contribution in [3.8, 4) is 0 Å². The number of hydrogen-bond acceptors (Lipinski definition) is 3. The third-order valence-electron chi connectivity index (χ3n) is 3.20. The molecule has 1 atom stereocenters. The van der Waals surface area contributed by atoms with E-state index in [1.54, 1.807) is 42.5 Å². The molecule has 0 fully saturated rings. The lowest BCUT2D eigenvalue weighted by molar-refractivity contribution is -0.140. The summed E-state index contributed by atoms with van der Waals surface area (Å²) in [5.41, 5.74) is 0.813. The van der Waals surface area contributed by atoms with Crippen molar-refractivity contribution in [2.24, 2.45) is 5.92 Å². The Labute approximate surface area is 124 Å². The van der Waals surface area contributed by atoms with Crippen LogP contribution >= 0.6 is 0 Å². The van der Waals surface area contributed by atoms with Crippen molar-refractivity contribution in [1.29, 1.82) is 0 Å². The molecular weight excluding hydrogens is 288 g/mol. The highest BCUT2D eigenvalue weighted by Gasteiger charge is 2.26. The highest BCUT2D eigenvalue weighted by atomic mass is 32.2. The summed E-state index contributed by atoms with van der Waals surface area (Å²) < 4.78 is 24.5. The van der Waals surface area contributed by atoms with E-state index in [9.17, 15) is 18.3 Å². The van der Waals surface area contributed by atoms with Gasteiger partial charge < -0.3 is 5.11 Å². The highest BCUT2D eigenvalue weighted by molar-refractivity contribution is 7.91. The third-order valence-corrected chi connectivity index (χ3v) is 5.03. The zero-order valence-corrected chi connectivity index (χ0v) is 12.2. The molecule has 0 amide bonds. The Kier molecular flexibility index (Phi) is 4.75. The van der Waals surface area contributed by atoms with Crippen LogP contribution in [0, 0.1) is 5.92 Å². The predicted octanol–water partition coefficient (Wildman–Crippen LogP) is 2.40. The van der Waals surface area contributed by atoms with Gasteiger partial charge in [0.1, 0.15) is 0 Å². The molecule has 5 heteroatoms. The molecule has 2 aromatic rings. The van der Waals surface area contributed by atoms with Crippen molar-refractivity contribution in [3.05, 3.63) is 66.2 Å². The van der Waals surface area contributed by atoms with Gasteiger partial charge in [-0.15, -0.1) is 0 Å². The van der Waals surface area contributed by atoms with Crippen LogP contribution in [0.1, 0.15) is 5.56 Å². The van der Waals surface area contributed by atoms with E-state index in [1.807, 2.05) is 6.07 Å². The molecule has 4 nitrogen and oxygen atoms in total. The smallest absolute Gasteiger partial charge is 0.307 e. The molecule has 1 N–H and O–H groups in total. The fraction of sp³-hybridized carbons (Fsp3) is 0.188. The van der Waals surface area contributed by atoms with E-state index in [2.05, 4.69) is 0 Å². The number of carboxylic acids is 1. The molecule has 0 aliphatic heterocycles. The molecule has 0 unspecified atom stereocenters. The van der Waals surface area contributed by atoms with Gasteiger partial charge in [-0.3, -0.25) is 4.79 Å². The van der Waals surface area contributed by atoms with Crippen molar-refractivity contribution in [2.45, 2.75) is 11.3 Å². The van der Waals surface area contributed by atoms with E-state index < -0.39 is 27.5 Å². The van der Waals surface area contributed by atoms with Gasteiger partial charge in [0.05, 0.1) is 16.6 Å². The Balaban J connectivity index is 2.19. The van der Waals surface area contributed by atoms with E-state index in [1.165, 1.54) is 12.1 Å². The van der Waals surface area contributed by atoms with Crippen molar-refractivity contribution < 1.29 is 18.3 Å². The molecule has 0 aromatic heterocycles. The lowest BCUT2D eigenvalue weighted by atomic mass is 10.0. The average molecular weight is 304 g/mol. The summed E-state index contributed by atoms with van der Waals surface area (Å²) in [6, 6.07) is 17.0. The Hall–Kier alpha value is -2.14. The van der Waals surface area contributed by atoms with Gasteiger partial charge in [0.25, 0.3) is 0 Å². The molecule has 0 bridgehead atoms. The number of rotatable bonds is 6. The maximum Gasteiger partial charge on any atom is 0.307 e. The summed E-state index contributed by atoms with van der Waals surface area (Å²) in [6.07, 6.45) is 0.197. The number of hydrogen-bond donors (Lipinski definition) is 1. The Morgan fingerprint density at radius 3 is 2.00 bits per heavy atom. The molecule has 0 saturated heterocycles. The largest absolute Gasteiger partial charge is 0.481 e. The first-order chi connectivity index (χ1) is 9.99. The van der Waals surface area contributed by atoms with Crippen LogP contribution in [0.3, 0.4) is 0 Å². The molecule has 0 spiro atoms. The molecule has 0 saturated carbocycles. The number of aliphatic carboxylic acids is 1. The Bertz CT molecular complexity index is 694. The number of carbonyl (C=O) groups is 1. The zero-order chi connectivity index (χ0) is 15.3. The summed E-state index contributed by atoms with van der Waals surface area (Å²) in [4.78, 5) is 11.5. The van der Waals surface area contributed by atoms with E-state index in [4.69, 9.17) is 0 Å². The summed E-state index contributed by atoms with van der Waals surface area (Å²) >= 11 is 0. The van der Waals surface area contributed by atoms with Crippen molar-refractivity contribution >= 4 is 15.8 Å². The van der Waals surface area contributed by atoms with Crippen LogP contribution in [0.25, 0.3) is 0 Å². The van der Waals surface area contributed by atoms with E-state index in [0.29, 0.717) is 0 Å². The molecule has 0 heterocycles. The fourth-order valence-corrected chi connectivity index (χ4v) is 3.66. The first kappa shape index (κ1) is 15.3. The summed E-state index contributed by atoms with van der Waals surface area (Å²) in [6.45, 7) is 0. The first-order valence-electron chi connectivity index (χ1n) is 6.53. The minimum atomic E-state index is -3.61. The molecule has 0 aliphatic carbocycles. The van der Waals surface area contributed by atoms with Crippen LogP contribution < -0.4 is 0 Å². The monoisotopic (exact) mass is 304 g/mol. The quantitative estimate of drug-likeness (QED) is 0.889. The summed E-state index contributed by atoms with van der Waals surface area (Å²) in [7, 11) is -3.61. The first-order valence-corrected chi connectivity index (χ1v) is 8.19. The van der Waals surface area contributed by atoms with Crippen LogP contribution in [0.5, 0.6) is 0 Å². The average Bonchev–Trinajstić information content (AvgIpc) is 2.48. The maximum absolute atomic E-state index is 12.3. The van der Waals surface area contributed by atoms with Gasteiger partial charge >= 0.3 is 5.97 Å². The SMILES string of the molecule is O=C(O)[C@H](Cc1ccccc1)CS(=O)(=O)c1ccccc1. The summed E-state index contributed by atoms with van der Waals surface area (Å²) in [5, 5.41) is 9.28. The molecule has 21 heavy (non-hydrogen) atoms. The second-order valence-electron chi connectivity index (χ2n) is 4.82. The second kappa shape index (κ2) is 6.54. The van der Waals surface area contributed by atoms with Gasteiger partial charge in [-0.05, 0) is 24.1 Å². The van der Waals surface area contributed by atoms with Gasteiger partial charge in [-0.1, -0.05) is 48.5 Å². The van der Waals surface area contributed by atoms with Gasteiger partial charge in [-0.25, -0.2) is 8.42 Å². The van der Waals surface area contributed by atoms with Gasteiger partial charge in [0.15, 0.2) is 9.84 Å². The van der Waals surface area contributed by atoms with Crippen LogP contribution in [0.2, 0.25) is 0 Å². The van der Waals surface area contributed by atoms with E-state index in [0.717, 1.165) is 5.56 Å². The minimum absolute atomic E-state index is 0.157. The number of sulfone groups is 1. The molecular formula is C16H16O4S. The lowest BCUT2D eigenvalue weighted by Gasteiger charge is -2.13. The van der Waals surface area contributed by atoms with Crippen LogP contribution in [0.15, 0.2) is 65.6 Å². The standard InChI is InChI=1S/C16H16O4S/c17-16(18)14(11-13-7-3-1-4-8-13)12-21(19,20)15-9-5-2-6-10-15/h1-10,14H,11-12H2,(H,17,18)/t14-/m1/s1. The van der Waals surface area contributed by atoms with Crippen molar-refractivity contribution in [2.75, 3.05) is 5.75 Å². The van der Waals surface area contributed by atoms with Crippen LogP contribution in [0.4, 0.5) is 0 Å². The van der Waals surface area contributed by atoms with E-state index >= 15 is 0 Å². The maximum atomic E-state index is 12.3. The van der Waals surface area contributed by atoms with Crippen LogP contribution in [-0.4, -0.2) is 25.2 Å². The molecule has 2 rings (SSSR count). The van der Waals surface area contributed by atoms with E-state index in [-0.39, 0.29) is 11.3 Å². The Morgan fingerprint density at radius 1 is 0.952 bits per heavy atom. The highest BCUT2D eigenvalue weighted by Crippen LogP contribution is 2.17. The Morgan fingerprint density at radius 2 is 1.48 bits per heavy atom. The van der Waals surface area contributed by atoms with Gasteiger partial charge in [0.2, 0.25) is 0 Å². The van der Waals surface area contributed by atoms with Gasteiger partial charge in [0, 0.05) is 0 Å².